The van der Waals surface area contributed by atoms with Crippen LogP contribution in [-0.4, -0.2) is 56.9 Å². The Morgan fingerprint density at radius 2 is 2.15 bits per heavy atom. The van der Waals surface area contributed by atoms with Gasteiger partial charge in [0.1, 0.15) is 5.76 Å². The molecule has 0 aromatic carbocycles. The molecular weight excluding hydrogens is 278 g/mol. The van der Waals surface area contributed by atoms with Crippen molar-refractivity contribution in [2.24, 2.45) is 0 Å². The molecule has 7 heteroatoms. The highest BCUT2D eigenvalue weighted by Gasteiger charge is 2.32. The number of sulfonamides is 1. The summed E-state index contributed by atoms with van der Waals surface area (Å²) in [7, 11) is -1.50. The van der Waals surface area contributed by atoms with Crippen LogP contribution in [0.2, 0.25) is 0 Å². The number of piperazine rings is 1. The summed E-state index contributed by atoms with van der Waals surface area (Å²) in [6, 6.07) is 3.48. The molecule has 1 saturated heterocycles. The molecule has 1 atom stereocenters. The van der Waals surface area contributed by atoms with Crippen LogP contribution in [0.15, 0.2) is 21.6 Å². The fraction of sp³-hybridized carbons (Fsp3) is 0.692. The van der Waals surface area contributed by atoms with Gasteiger partial charge in [-0.25, -0.2) is 8.42 Å². The van der Waals surface area contributed by atoms with Crippen LogP contribution in [0.1, 0.15) is 19.6 Å². The van der Waals surface area contributed by atoms with Gasteiger partial charge in [0.2, 0.25) is 5.09 Å². The third-order valence-corrected chi connectivity index (χ3v) is 5.44. The quantitative estimate of drug-likeness (QED) is 0.868. The van der Waals surface area contributed by atoms with E-state index in [1.54, 1.807) is 12.1 Å². The largest absolute Gasteiger partial charge is 0.447 e. The van der Waals surface area contributed by atoms with Gasteiger partial charge in [0.05, 0.1) is 6.54 Å². The van der Waals surface area contributed by atoms with E-state index >= 15 is 0 Å². The number of hydrogen-bond donors (Lipinski definition) is 1. The molecule has 1 aliphatic rings. The van der Waals surface area contributed by atoms with E-state index in [-0.39, 0.29) is 11.1 Å². The van der Waals surface area contributed by atoms with Gasteiger partial charge in [-0.3, -0.25) is 0 Å². The normalized spacial score (nSPS) is 22.2. The molecule has 0 aliphatic carbocycles. The molecule has 1 fully saturated rings. The summed E-state index contributed by atoms with van der Waals surface area (Å²) in [4.78, 5) is 2.16. The second kappa shape index (κ2) is 6.26. The van der Waals surface area contributed by atoms with Crippen LogP contribution < -0.4 is 5.32 Å². The summed E-state index contributed by atoms with van der Waals surface area (Å²) >= 11 is 0. The van der Waals surface area contributed by atoms with Crippen molar-refractivity contribution in [1.82, 2.24) is 14.5 Å². The Morgan fingerprint density at radius 3 is 2.80 bits per heavy atom. The molecule has 2 rings (SSSR count). The molecule has 1 aliphatic heterocycles. The Balaban J connectivity index is 2.12. The van der Waals surface area contributed by atoms with E-state index in [1.165, 1.54) is 4.31 Å². The summed E-state index contributed by atoms with van der Waals surface area (Å²) in [6.07, 6.45) is 0. The van der Waals surface area contributed by atoms with Crippen molar-refractivity contribution >= 4 is 10.0 Å². The van der Waals surface area contributed by atoms with E-state index in [0.29, 0.717) is 25.4 Å². The topological polar surface area (TPSA) is 65.8 Å². The third kappa shape index (κ3) is 3.22. The average Bonchev–Trinajstić information content (AvgIpc) is 2.89. The number of hydrogen-bond acceptors (Lipinski definition) is 5. The van der Waals surface area contributed by atoms with E-state index in [9.17, 15) is 8.42 Å². The molecule has 6 nitrogen and oxygen atoms in total. The molecule has 0 saturated carbocycles. The van der Waals surface area contributed by atoms with E-state index < -0.39 is 10.0 Å². The molecule has 1 N–H and O–H groups in total. The number of nitrogens with zero attached hydrogens (tertiary/aromatic N) is 2. The van der Waals surface area contributed by atoms with Gasteiger partial charge in [-0.1, -0.05) is 6.92 Å². The van der Waals surface area contributed by atoms with Crippen molar-refractivity contribution in [3.8, 4) is 0 Å². The third-order valence-electron chi connectivity index (χ3n) is 3.70. The van der Waals surface area contributed by atoms with Gasteiger partial charge in [-0.2, -0.15) is 4.31 Å². The van der Waals surface area contributed by atoms with Crippen LogP contribution >= 0.6 is 0 Å². The van der Waals surface area contributed by atoms with Crippen molar-refractivity contribution in [3.63, 3.8) is 0 Å². The van der Waals surface area contributed by atoms with Gasteiger partial charge in [-0.05, 0) is 32.6 Å². The van der Waals surface area contributed by atoms with E-state index in [4.69, 9.17) is 4.42 Å². The minimum atomic E-state index is -3.51. The maximum absolute atomic E-state index is 12.5. The zero-order valence-electron chi connectivity index (χ0n) is 12.3. The Bertz CT molecular complexity index is 541. The van der Waals surface area contributed by atoms with E-state index in [1.807, 2.05) is 20.9 Å². The van der Waals surface area contributed by atoms with Gasteiger partial charge in [0.25, 0.3) is 10.0 Å². The fourth-order valence-electron chi connectivity index (χ4n) is 2.20. The Labute approximate surface area is 120 Å². The number of nitrogens with one attached hydrogen (secondary N) is 1. The van der Waals surface area contributed by atoms with Gasteiger partial charge in [0.15, 0.2) is 0 Å². The van der Waals surface area contributed by atoms with Crippen LogP contribution in [-0.2, 0) is 16.6 Å². The summed E-state index contributed by atoms with van der Waals surface area (Å²) in [6.45, 7) is 7.14. The van der Waals surface area contributed by atoms with E-state index in [2.05, 4.69) is 10.2 Å². The number of rotatable bonds is 5. The number of furan rings is 1. The highest BCUT2D eigenvalue weighted by atomic mass is 32.2. The first kappa shape index (κ1) is 15.5. The summed E-state index contributed by atoms with van der Waals surface area (Å²) in [5.74, 6) is 0.646. The maximum Gasteiger partial charge on any atom is 0.276 e. The zero-order chi connectivity index (χ0) is 14.8. The number of likely N-dealkylation sites (N-methyl/N-ethyl adjacent to an activating group) is 1. The van der Waals surface area contributed by atoms with Crippen molar-refractivity contribution in [3.05, 3.63) is 17.9 Å². The Morgan fingerprint density at radius 1 is 1.40 bits per heavy atom. The Hall–Kier alpha value is -0.890. The predicted molar refractivity (Wildman–Crippen MR) is 76.9 cm³/mol. The molecule has 1 aromatic heterocycles. The van der Waals surface area contributed by atoms with Crippen LogP contribution in [0, 0.1) is 0 Å². The van der Waals surface area contributed by atoms with Crippen molar-refractivity contribution in [2.45, 2.75) is 31.5 Å². The van der Waals surface area contributed by atoms with Crippen LogP contribution in [0.3, 0.4) is 0 Å². The molecule has 1 unspecified atom stereocenters. The standard InChI is InChI=1S/C13H23N3O3S/c1-4-14-9-12-5-6-13(19-12)20(17,18)16-8-7-15(3)11(2)10-16/h5-6,11,14H,4,7-10H2,1-3H3. The van der Waals surface area contributed by atoms with Crippen molar-refractivity contribution < 1.29 is 12.8 Å². The zero-order valence-corrected chi connectivity index (χ0v) is 13.1. The van der Waals surface area contributed by atoms with Gasteiger partial charge < -0.3 is 14.6 Å². The molecular formula is C13H23N3O3S. The Kier molecular flexibility index (Phi) is 4.85. The highest BCUT2D eigenvalue weighted by molar-refractivity contribution is 7.89. The molecule has 0 spiro atoms. The van der Waals surface area contributed by atoms with Gasteiger partial charge in [0, 0.05) is 25.7 Å². The molecule has 114 valence electrons. The van der Waals surface area contributed by atoms with E-state index in [0.717, 1.165) is 13.1 Å². The van der Waals surface area contributed by atoms with Crippen LogP contribution in [0.5, 0.6) is 0 Å². The molecule has 20 heavy (non-hydrogen) atoms. The molecule has 0 bridgehead atoms. The summed E-state index contributed by atoms with van der Waals surface area (Å²) in [5, 5.41) is 3.16. The molecule has 2 heterocycles. The van der Waals surface area contributed by atoms with Crippen molar-refractivity contribution in [2.75, 3.05) is 33.2 Å². The van der Waals surface area contributed by atoms with Gasteiger partial charge >= 0.3 is 0 Å². The minimum absolute atomic E-state index is 0.0437. The average molecular weight is 301 g/mol. The fourth-order valence-corrected chi connectivity index (χ4v) is 3.64. The predicted octanol–water partition coefficient (Wildman–Crippen LogP) is 0.714. The van der Waals surface area contributed by atoms with Crippen LogP contribution in [0.4, 0.5) is 0 Å². The second-order valence-electron chi connectivity index (χ2n) is 5.19. The molecule has 0 amide bonds. The first-order valence-corrected chi connectivity index (χ1v) is 8.39. The second-order valence-corrected chi connectivity index (χ2v) is 7.06. The SMILES string of the molecule is CCNCc1ccc(S(=O)(=O)N2CCN(C)C(C)C2)o1. The smallest absolute Gasteiger partial charge is 0.276 e. The lowest BCUT2D eigenvalue weighted by atomic mass is 10.2. The van der Waals surface area contributed by atoms with Crippen molar-refractivity contribution in [1.29, 1.82) is 0 Å². The first-order valence-electron chi connectivity index (χ1n) is 6.95. The lowest BCUT2D eigenvalue weighted by Gasteiger charge is -2.36. The summed E-state index contributed by atoms with van der Waals surface area (Å²) < 4.78 is 32.0. The molecule has 1 aromatic rings. The highest BCUT2D eigenvalue weighted by Crippen LogP contribution is 2.21. The lowest BCUT2D eigenvalue weighted by molar-refractivity contribution is 0.158. The van der Waals surface area contributed by atoms with Gasteiger partial charge in [-0.15, -0.1) is 0 Å². The monoisotopic (exact) mass is 301 g/mol. The minimum Gasteiger partial charge on any atom is -0.447 e. The maximum atomic E-state index is 12.5. The summed E-state index contributed by atoms with van der Waals surface area (Å²) in [5.41, 5.74) is 0. The lowest BCUT2D eigenvalue weighted by Crippen LogP contribution is -2.51. The molecule has 0 radical (unpaired) electrons. The first-order chi connectivity index (χ1) is 9.45. The van der Waals surface area contributed by atoms with Crippen LogP contribution in [0.25, 0.3) is 0 Å².